The summed E-state index contributed by atoms with van der Waals surface area (Å²) in [7, 11) is 0. The second-order valence-corrected chi connectivity index (χ2v) is 6.01. The molecule has 1 fully saturated rings. The molecule has 0 aromatic carbocycles. The molecule has 3 rings (SSSR count). The Morgan fingerprint density at radius 1 is 1.35 bits per heavy atom. The zero-order chi connectivity index (χ0) is 16.4. The Hall–Kier alpha value is -2.21. The van der Waals surface area contributed by atoms with Gasteiger partial charge in [0, 0.05) is 24.7 Å². The summed E-state index contributed by atoms with van der Waals surface area (Å²) in [4.78, 5) is 18.3. The van der Waals surface area contributed by atoms with Gasteiger partial charge in [-0.25, -0.2) is 0 Å². The molecule has 0 bridgehead atoms. The molecule has 3 heterocycles. The molecule has 0 saturated carbocycles. The Kier molecular flexibility index (Phi) is 4.43. The Bertz CT molecular complexity index is 683. The van der Waals surface area contributed by atoms with E-state index in [0.29, 0.717) is 5.92 Å². The van der Waals surface area contributed by atoms with Crippen LogP contribution in [-0.4, -0.2) is 40.6 Å². The van der Waals surface area contributed by atoms with Gasteiger partial charge >= 0.3 is 0 Å². The van der Waals surface area contributed by atoms with Gasteiger partial charge < -0.3 is 15.2 Å². The van der Waals surface area contributed by atoms with Gasteiger partial charge in [0.2, 0.25) is 5.91 Å². The lowest BCUT2D eigenvalue weighted by Crippen LogP contribution is -2.41. The first-order valence-electron chi connectivity index (χ1n) is 7.98. The normalized spacial score (nSPS) is 15.9. The van der Waals surface area contributed by atoms with Crippen LogP contribution in [0.15, 0.2) is 22.7 Å². The molecule has 23 heavy (non-hydrogen) atoms. The van der Waals surface area contributed by atoms with Gasteiger partial charge in [-0.15, -0.1) is 0 Å². The number of amides is 1. The molecule has 2 aromatic heterocycles. The van der Waals surface area contributed by atoms with Crippen LogP contribution in [0.4, 0.5) is 0 Å². The van der Waals surface area contributed by atoms with E-state index in [1.165, 1.54) is 0 Å². The number of carbonyl (C=O) groups is 1. The van der Waals surface area contributed by atoms with Gasteiger partial charge in [-0.3, -0.25) is 9.78 Å². The van der Waals surface area contributed by atoms with Crippen molar-refractivity contribution in [3.63, 3.8) is 0 Å². The van der Waals surface area contributed by atoms with E-state index in [9.17, 15) is 4.79 Å². The monoisotopic (exact) mass is 314 g/mol. The highest BCUT2D eigenvalue weighted by Gasteiger charge is 2.24. The van der Waals surface area contributed by atoms with Gasteiger partial charge in [0.05, 0.1) is 23.5 Å². The predicted molar refractivity (Wildman–Crippen MR) is 86.8 cm³/mol. The van der Waals surface area contributed by atoms with E-state index < -0.39 is 0 Å². The van der Waals surface area contributed by atoms with Gasteiger partial charge in [-0.2, -0.15) is 0 Å². The zero-order valence-corrected chi connectivity index (χ0v) is 13.6. The minimum atomic E-state index is 0.0286. The summed E-state index contributed by atoms with van der Waals surface area (Å²) in [6.07, 6.45) is 1.84. The molecule has 1 amide bonds. The van der Waals surface area contributed by atoms with Crippen molar-refractivity contribution >= 4 is 5.91 Å². The number of aryl methyl sites for hydroxylation is 2. The Morgan fingerprint density at radius 3 is 2.70 bits per heavy atom. The molecule has 0 atom stereocenters. The molecule has 1 saturated heterocycles. The number of pyridine rings is 1. The van der Waals surface area contributed by atoms with Gasteiger partial charge in [0.25, 0.3) is 0 Å². The number of piperidine rings is 1. The molecule has 2 aromatic rings. The first-order chi connectivity index (χ1) is 11.1. The topological polar surface area (TPSA) is 85.2 Å². The largest absolute Gasteiger partial charge is 0.361 e. The number of aromatic nitrogens is 2. The Labute approximate surface area is 135 Å². The second kappa shape index (κ2) is 6.50. The average molecular weight is 314 g/mol. The van der Waals surface area contributed by atoms with Crippen molar-refractivity contribution in [1.82, 2.24) is 15.0 Å². The Balaban J connectivity index is 1.78. The maximum absolute atomic E-state index is 11.7. The van der Waals surface area contributed by atoms with Crippen molar-refractivity contribution in [2.75, 3.05) is 19.6 Å². The predicted octanol–water partition coefficient (Wildman–Crippen LogP) is 2.02. The number of carbonyl (C=O) groups excluding carboxylic acids is 1. The summed E-state index contributed by atoms with van der Waals surface area (Å²) in [6.45, 7) is 5.41. The van der Waals surface area contributed by atoms with E-state index in [0.717, 1.165) is 54.3 Å². The van der Waals surface area contributed by atoms with Crippen molar-refractivity contribution in [3.8, 4) is 11.3 Å². The fraction of sp³-hybridized carbons (Fsp3) is 0.471. The van der Waals surface area contributed by atoms with Crippen LogP contribution in [0.1, 0.15) is 35.9 Å². The zero-order valence-electron chi connectivity index (χ0n) is 13.6. The standard InChI is InChI=1S/C17H22N4O2/c1-11-17(12(2)23-20-11)15-5-3-4-14(19-15)13-6-8-21(9-7-13)16(22)10-18/h3-5,13H,6-10,18H2,1-2H3. The molecular weight excluding hydrogens is 292 g/mol. The highest BCUT2D eigenvalue weighted by molar-refractivity contribution is 5.78. The summed E-state index contributed by atoms with van der Waals surface area (Å²) in [5, 5.41) is 4.00. The summed E-state index contributed by atoms with van der Waals surface area (Å²) in [5.74, 6) is 1.19. The summed E-state index contributed by atoms with van der Waals surface area (Å²) < 4.78 is 5.24. The average Bonchev–Trinajstić information content (AvgIpc) is 2.93. The third-order valence-corrected chi connectivity index (χ3v) is 4.50. The van der Waals surface area contributed by atoms with E-state index >= 15 is 0 Å². The lowest BCUT2D eigenvalue weighted by molar-refractivity contribution is -0.130. The summed E-state index contributed by atoms with van der Waals surface area (Å²) >= 11 is 0. The highest BCUT2D eigenvalue weighted by atomic mass is 16.5. The van der Waals surface area contributed by atoms with Crippen LogP contribution >= 0.6 is 0 Å². The molecule has 0 radical (unpaired) electrons. The molecule has 122 valence electrons. The molecule has 1 aliphatic heterocycles. The summed E-state index contributed by atoms with van der Waals surface area (Å²) in [5.41, 5.74) is 9.24. The SMILES string of the molecule is Cc1noc(C)c1-c1cccc(C2CCN(C(=O)CN)CC2)n1. The van der Waals surface area contributed by atoms with Crippen molar-refractivity contribution in [3.05, 3.63) is 35.3 Å². The van der Waals surface area contributed by atoms with Crippen LogP contribution in [0.3, 0.4) is 0 Å². The lowest BCUT2D eigenvalue weighted by Gasteiger charge is -2.31. The van der Waals surface area contributed by atoms with E-state index in [-0.39, 0.29) is 12.5 Å². The van der Waals surface area contributed by atoms with Crippen molar-refractivity contribution in [2.24, 2.45) is 5.73 Å². The smallest absolute Gasteiger partial charge is 0.236 e. The Morgan fingerprint density at radius 2 is 2.09 bits per heavy atom. The van der Waals surface area contributed by atoms with Gasteiger partial charge in [0.15, 0.2) is 0 Å². The van der Waals surface area contributed by atoms with E-state index in [1.807, 2.05) is 30.9 Å². The van der Waals surface area contributed by atoms with Crippen LogP contribution in [0.25, 0.3) is 11.3 Å². The number of hydrogen-bond donors (Lipinski definition) is 1. The van der Waals surface area contributed by atoms with Crippen LogP contribution in [0.2, 0.25) is 0 Å². The quantitative estimate of drug-likeness (QED) is 0.936. The van der Waals surface area contributed by atoms with Crippen LogP contribution in [-0.2, 0) is 4.79 Å². The maximum Gasteiger partial charge on any atom is 0.236 e. The van der Waals surface area contributed by atoms with Crippen molar-refractivity contribution in [1.29, 1.82) is 0 Å². The minimum Gasteiger partial charge on any atom is -0.361 e. The van der Waals surface area contributed by atoms with Gasteiger partial charge in [-0.05, 0) is 38.8 Å². The fourth-order valence-electron chi connectivity index (χ4n) is 3.22. The van der Waals surface area contributed by atoms with Gasteiger partial charge in [0.1, 0.15) is 5.76 Å². The molecule has 6 nitrogen and oxygen atoms in total. The third-order valence-electron chi connectivity index (χ3n) is 4.50. The van der Waals surface area contributed by atoms with Crippen LogP contribution < -0.4 is 5.73 Å². The fourth-order valence-corrected chi connectivity index (χ4v) is 3.22. The van der Waals surface area contributed by atoms with Gasteiger partial charge in [-0.1, -0.05) is 11.2 Å². The molecule has 0 spiro atoms. The molecular formula is C17H22N4O2. The first kappa shape index (κ1) is 15.7. The molecule has 0 aliphatic carbocycles. The number of nitrogens with two attached hydrogens (primary N) is 1. The number of hydrogen-bond acceptors (Lipinski definition) is 5. The number of nitrogens with zero attached hydrogens (tertiary/aromatic N) is 3. The number of rotatable bonds is 3. The molecule has 6 heteroatoms. The molecule has 0 unspecified atom stereocenters. The van der Waals surface area contributed by atoms with Crippen molar-refractivity contribution in [2.45, 2.75) is 32.6 Å². The minimum absolute atomic E-state index is 0.0286. The maximum atomic E-state index is 11.7. The first-order valence-corrected chi connectivity index (χ1v) is 7.98. The third kappa shape index (κ3) is 3.12. The van der Waals surface area contributed by atoms with E-state index in [1.54, 1.807) is 0 Å². The lowest BCUT2D eigenvalue weighted by atomic mass is 9.92. The number of likely N-dealkylation sites (tertiary alicyclic amines) is 1. The van der Waals surface area contributed by atoms with E-state index in [2.05, 4.69) is 11.2 Å². The van der Waals surface area contributed by atoms with E-state index in [4.69, 9.17) is 15.2 Å². The van der Waals surface area contributed by atoms with Crippen LogP contribution in [0, 0.1) is 13.8 Å². The summed E-state index contributed by atoms with van der Waals surface area (Å²) in [6, 6.07) is 6.08. The molecule has 1 aliphatic rings. The van der Waals surface area contributed by atoms with Crippen LogP contribution in [0.5, 0.6) is 0 Å². The second-order valence-electron chi connectivity index (χ2n) is 6.01. The molecule has 2 N–H and O–H groups in total. The highest BCUT2D eigenvalue weighted by Crippen LogP contribution is 2.30. The van der Waals surface area contributed by atoms with Crippen molar-refractivity contribution < 1.29 is 9.32 Å².